The zero-order valence-electron chi connectivity index (χ0n) is 16.8. The van der Waals surface area contributed by atoms with Crippen LogP contribution in [0, 0.1) is 0 Å². The molecule has 31 heavy (non-hydrogen) atoms. The Kier molecular flexibility index (Phi) is 4.66. The third-order valence-corrected chi connectivity index (χ3v) is 5.57. The number of alkyl halides is 2. The van der Waals surface area contributed by atoms with Crippen molar-refractivity contribution in [1.82, 2.24) is 19.7 Å². The molecule has 1 aliphatic rings. The van der Waals surface area contributed by atoms with Gasteiger partial charge in [-0.05, 0) is 18.9 Å². The smallest absolute Gasteiger partial charge is 0.257 e. The van der Waals surface area contributed by atoms with Crippen molar-refractivity contribution in [2.75, 3.05) is 7.11 Å². The molecule has 0 spiro atoms. The van der Waals surface area contributed by atoms with Gasteiger partial charge in [0.25, 0.3) is 6.43 Å². The monoisotopic (exact) mass is 422 g/mol. The van der Waals surface area contributed by atoms with E-state index in [-0.39, 0.29) is 0 Å². The van der Waals surface area contributed by atoms with Crippen molar-refractivity contribution in [3.8, 4) is 28.3 Å². The van der Waals surface area contributed by atoms with E-state index >= 15 is 0 Å². The summed E-state index contributed by atoms with van der Waals surface area (Å²) in [5, 5.41) is 15.9. The van der Waals surface area contributed by atoms with E-state index in [1.54, 1.807) is 19.4 Å². The highest BCUT2D eigenvalue weighted by molar-refractivity contribution is 5.97. The van der Waals surface area contributed by atoms with E-state index in [0.717, 1.165) is 5.56 Å². The van der Waals surface area contributed by atoms with Crippen LogP contribution in [0.2, 0.25) is 0 Å². The van der Waals surface area contributed by atoms with Crippen LogP contribution in [0.15, 0.2) is 55.0 Å². The SMILES string of the molecule is COc1cc2ncnc(-c3cn(CC(F)F)nc3-c3ccccc3)c2cc1C1(O)CC1. The number of aromatic nitrogens is 4. The molecule has 0 bridgehead atoms. The third-order valence-electron chi connectivity index (χ3n) is 5.57. The van der Waals surface area contributed by atoms with Crippen molar-refractivity contribution < 1.29 is 18.6 Å². The second-order valence-electron chi connectivity index (χ2n) is 7.69. The highest BCUT2D eigenvalue weighted by Crippen LogP contribution is 2.50. The van der Waals surface area contributed by atoms with Crippen molar-refractivity contribution in [3.63, 3.8) is 0 Å². The fourth-order valence-electron chi connectivity index (χ4n) is 3.86. The number of ether oxygens (including phenoxy) is 1. The second-order valence-corrected chi connectivity index (χ2v) is 7.69. The van der Waals surface area contributed by atoms with E-state index in [1.165, 1.54) is 11.0 Å². The molecule has 0 atom stereocenters. The Morgan fingerprint density at radius 2 is 1.90 bits per heavy atom. The molecule has 0 unspecified atom stereocenters. The first-order valence-corrected chi connectivity index (χ1v) is 9.95. The van der Waals surface area contributed by atoms with Crippen molar-refractivity contribution in [2.45, 2.75) is 31.4 Å². The van der Waals surface area contributed by atoms with Gasteiger partial charge in [0.15, 0.2) is 0 Å². The number of hydrogen-bond acceptors (Lipinski definition) is 5. The molecule has 1 saturated carbocycles. The van der Waals surface area contributed by atoms with Crippen LogP contribution in [-0.2, 0) is 12.1 Å². The topological polar surface area (TPSA) is 73.1 Å². The third kappa shape index (κ3) is 3.53. The minimum absolute atomic E-state index is 0.512. The Labute approximate surface area is 177 Å². The lowest BCUT2D eigenvalue weighted by Crippen LogP contribution is -2.07. The largest absolute Gasteiger partial charge is 0.496 e. The predicted molar refractivity (Wildman–Crippen MR) is 112 cm³/mol. The van der Waals surface area contributed by atoms with Gasteiger partial charge in [-0.1, -0.05) is 30.3 Å². The Morgan fingerprint density at radius 3 is 2.58 bits per heavy atom. The fourth-order valence-corrected chi connectivity index (χ4v) is 3.86. The van der Waals surface area contributed by atoms with E-state index in [1.807, 2.05) is 36.4 Å². The molecule has 158 valence electrons. The van der Waals surface area contributed by atoms with Crippen molar-refractivity contribution in [1.29, 1.82) is 0 Å². The number of rotatable bonds is 6. The number of methoxy groups -OCH3 is 1. The summed E-state index contributed by atoms with van der Waals surface area (Å²) in [6.07, 6.45) is 1.80. The molecule has 1 aliphatic carbocycles. The van der Waals surface area contributed by atoms with Crippen LogP contribution < -0.4 is 4.74 Å². The first-order valence-electron chi connectivity index (χ1n) is 9.95. The van der Waals surface area contributed by atoms with Gasteiger partial charge in [-0.3, -0.25) is 4.68 Å². The molecule has 0 aliphatic heterocycles. The average molecular weight is 422 g/mol. The van der Waals surface area contributed by atoms with Crippen molar-refractivity contribution >= 4 is 10.9 Å². The molecule has 8 heteroatoms. The number of benzene rings is 2. The quantitative estimate of drug-likeness (QED) is 0.498. The van der Waals surface area contributed by atoms with Crippen LogP contribution in [0.5, 0.6) is 5.75 Å². The van der Waals surface area contributed by atoms with Crippen LogP contribution in [0.4, 0.5) is 8.78 Å². The van der Waals surface area contributed by atoms with Gasteiger partial charge in [-0.25, -0.2) is 18.7 Å². The first-order chi connectivity index (χ1) is 15.0. The normalized spacial score (nSPS) is 14.9. The number of fused-ring (bicyclic) bond motifs is 1. The van der Waals surface area contributed by atoms with E-state index in [9.17, 15) is 13.9 Å². The number of halogens is 2. The van der Waals surface area contributed by atoms with E-state index in [2.05, 4.69) is 15.1 Å². The summed E-state index contributed by atoms with van der Waals surface area (Å²) in [7, 11) is 1.56. The van der Waals surface area contributed by atoms with Crippen LogP contribution in [0.1, 0.15) is 18.4 Å². The summed E-state index contributed by atoms with van der Waals surface area (Å²) < 4.78 is 32.9. The molecule has 1 N–H and O–H groups in total. The molecular formula is C23H20F2N4O2. The molecule has 2 aromatic heterocycles. The maximum Gasteiger partial charge on any atom is 0.257 e. The van der Waals surface area contributed by atoms with Crippen LogP contribution >= 0.6 is 0 Å². The molecular weight excluding hydrogens is 402 g/mol. The van der Waals surface area contributed by atoms with E-state index in [4.69, 9.17) is 4.74 Å². The predicted octanol–water partition coefficient (Wildman–Crippen LogP) is 4.42. The van der Waals surface area contributed by atoms with Gasteiger partial charge in [0.05, 0.1) is 23.9 Å². The van der Waals surface area contributed by atoms with E-state index < -0.39 is 18.6 Å². The fraction of sp³-hybridized carbons (Fsp3) is 0.261. The molecule has 6 nitrogen and oxygen atoms in total. The maximum absolute atomic E-state index is 13.1. The minimum atomic E-state index is -2.53. The summed E-state index contributed by atoms with van der Waals surface area (Å²) in [6.45, 7) is -0.512. The standard InChI is InChI=1S/C23H20F2N4O2/c1-31-19-10-18-15(9-17(19)23(30)7-8-23)22(27-13-26-18)16-11-29(12-20(24)25)28-21(16)14-5-3-2-4-6-14/h2-6,9-11,13,20,30H,7-8,12H2,1H3. The highest BCUT2D eigenvalue weighted by atomic mass is 19.3. The second kappa shape index (κ2) is 7.39. The number of nitrogens with zero attached hydrogens (tertiary/aromatic N) is 4. The lowest BCUT2D eigenvalue weighted by molar-refractivity contribution is 0.122. The average Bonchev–Trinajstić information content (AvgIpc) is 3.39. The highest BCUT2D eigenvalue weighted by Gasteiger charge is 2.44. The molecule has 2 aromatic carbocycles. The summed E-state index contributed by atoms with van der Waals surface area (Å²) in [6, 6.07) is 13.0. The van der Waals surface area contributed by atoms with Gasteiger partial charge in [0.2, 0.25) is 0 Å². The van der Waals surface area contributed by atoms with Gasteiger partial charge in [-0.2, -0.15) is 5.10 Å². The zero-order chi connectivity index (χ0) is 21.6. The summed E-state index contributed by atoms with van der Waals surface area (Å²) >= 11 is 0. The van der Waals surface area contributed by atoms with Crippen molar-refractivity contribution in [2.24, 2.45) is 0 Å². The summed E-state index contributed by atoms with van der Waals surface area (Å²) in [5.74, 6) is 0.564. The van der Waals surface area contributed by atoms with Crippen LogP contribution in [0.3, 0.4) is 0 Å². The lowest BCUT2D eigenvalue weighted by Gasteiger charge is -2.15. The van der Waals surface area contributed by atoms with Crippen LogP contribution in [-0.4, -0.2) is 38.4 Å². The maximum atomic E-state index is 13.1. The Bertz CT molecular complexity index is 1250. The van der Waals surface area contributed by atoms with E-state index in [0.29, 0.717) is 52.0 Å². The molecule has 0 radical (unpaired) electrons. The lowest BCUT2D eigenvalue weighted by atomic mass is 9.98. The van der Waals surface area contributed by atoms with Crippen molar-refractivity contribution in [3.05, 3.63) is 60.6 Å². The minimum Gasteiger partial charge on any atom is -0.496 e. The summed E-state index contributed by atoms with van der Waals surface area (Å²) in [4.78, 5) is 8.84. The Balaban J connectivity index is 1.75. The molecule has 5 rings (SSSR count). The van der Waals surface area contributed by atoms with Gasteiger partial charge in [0.1, 0.15) is 24.3 Å². The zero-order valence-corrected chi connectivity index (χ0v) is 16.8. The first kappa shape index (κ1) is 19.6. The molecule has 0 saturated heterocycles. The van der Waals surface area contributed by atoms with Gasteiger partial charge in [0, 0.05) is 34.3 Å². The Morgan fingerprint density at radius 1 is 1.13 bits per heavy atom. The molecule has 0 amide bonds. The van der Waals surface area contributed by atoms with Gasteiger partial charge < -0.3 is 9.84 Å². The number of aliphatic hydroxyl groups is 1. The molecule has 4 aromatic rings. The molecule has 2 heterocycles. The Hall–Kier alpha value is -3.39. The van der Waals surface area contributed by atoms with Gasteiger partial charge in [-0.15, -0.1) is 0 Å². The summed E-state index contributed by atoms with van der Waals surface area (Å²) in [5.41, 5.74) is 2.94. The van der Waals surface area contributed by atoms with Gasteiger partial charge >= 0.3 is 0 Å². The number of hydrogen-bond donors (Lipinski definition) is 1. The van der Waals surface area contributed by atoms with Crippen LogP contribution in [0.25, 0.3) is 33.4 Å². The molecule has 1 fully saturated rings.